The topological polar surface area (TPSA) is 142 Å². The summed E-state index contributed by atoms with van der Waals surface area (Å²) in [4.78, 5) is 37.2. The van der Waals surface area contributed by atoms with Gasteiger partial charge in [0.25, 0.3) is 5.56 Å². The first-order valence-corrected chi connectivity index (χ1v) is 7.96. The summed E-state index contributed by atoms with van der Waals surface area (Å²) in [5.74, 6) is -0.595. The summed E-state index contributed by atoms with van der Waals surface area (Å²) in [5.41, 5.74) is -0.800. The van der Waals surface area contributed by atoms with Crippen LogP contribution >= 0.6 is 0 Å². The molecule has 2 heterocycles. The van der Waals surface area contributed by atoms with Gasteiger partial charge in [0.2, 0.25) is 0 Å². The van der Waals surface area contributed by atoms with E-state index in [1.54, 1.807) is 30.3 Å². The lowest BCUT2D eigenvalue weighted by Gasteiger charge is -2.20. The monoisotopic (exact) mass is 362 g/mol. The fraction of sp³-hybridized carbons (Fsp3) is 0.353. The first-order chi connectivity index (χ1) is 12.4. The highest BCUT2D eigenvalue weighted by Crippen LogP contribution is 2.30. The fourth-order valence-electron chi connectivity index (χ4n) is 2.89. The number of carbonyl (C=O) groups is 1. The van der Waals surface area contributed by atoms with Crippen molar-refractivity contribution >= 4 is 5.78 Å². The Morgan fingerprint density at radius 2 is 1.85 bits per heavy atom. The minimum Gasteiger partial charge on any atom is -0.387 e. The molecule has 0 saturated carbocycles. The van der Waals surface area contributed by atoms with Gasteiger partial charge in [-0.3, -0.25) is 19.1 Å². The number of hydrogen-bond donors (Lipinski definition) is 4. The van der Waals surface area contributed by atoms with E-state index in [2.05, 4.69) is 0 Å². The molecule has 0 bridgehead atoms. The third-order valence-electron chi connectivity index (χ3n) is 4.26. The second-order valence-corrected chi connectivity index (χ2v) is 6.06. The van der Waals surface area contributed by atoms with Gasteiger partial charge in [-0.1, -0.05) is 30.3 Å². The number of aromatic amines is 1. The number of Topliss-reactive ketones (excluding diaryl/α,β-unsaturated/α-hetero) is 1. The van der Waals surface area contributed by atoms with Gasteiger partial charge in [-0.05, 0) is 5.56 Å². The zero-order valence-corrected chi connectivity index (χ0v) is 13.6. The van der Waals surface area contributed by atoms with Crippen LogP contribution < -0.4 is 11.2 Å². The summed E-state index contributed by atoms with van der Waals surface area (Å²) in [5, 5.41) is 30.5. The van der Waals surface area contributed by atoms with Crippen molar-refractivity contribution in [3.05, 3.63) is 69.0 Å². The number of H-pyrrole nitrogens is 1. The first kappa shape index (κ1) is 18.2. The summed E-state index contributed by atoms with van der Waals surface area (Å²) < 4.78 is 6.26. The van der Waals surface area contributed by atoms with E-state index < -0.39 is 47.7 Å². The van der Waals surface area contributed by atoms with Crippen LogP contribution in [0.1, 0.15) is 11.8 Å². The van der Waals surface area contributed by atoms with Crippen LogP contribution in [0.15, 0.2) is 52.2 Å². The van der Waals surface area contributed by atoms with Crippen molar-refractivity contribution in [2.75, 3.05) is 0 Å². The number of benzene rings is 1. The van der Waals surface area contributed by atoms with Crippen molar-refractivity contribution in [3.63, 3.8) is 0 Å². The molecule has 5 atom stereocenters. The Hall–Kier alpha value is -2.59. The molecule has 1 aromatic heterocycles. The van der Waals surface area contributed by atoms with Crippen LogP contribution in [-0.4, -0.2) is 55.1 Å². The van der Waals surface area contributed by atoms with Crippen molar-refractivity contribution < 1.29 is 24.9 Å². The highest BCUT2D eigenvalue weighted by atomic mass is 16.6. The molecule has 9 nitrogen and oxygen atoms in total. The lowest BCUT2D eigenvalue weighted by Crippen LogP contribution is -2.43. The van der Waals surface area contributed by atoms with Crippen LogP contribution in [0, 0.1) is 0 Å². The maximum Gasteiger partial charge on any atom is 0.330 e. The van der Waals surface area contributed by atoms with Crippen LogP contribution in [0.3, 0.4) is 0 Å². The predicted octanol–water partition coefficient (Wildman–Crippen LogP) is -1.67. The predicted molar refractivity (Wildman–Crippen MR) is 88.4 cm³/mol. The minimum atomic E-state index is -1.69. The summed E-state index contributed by atoms with van der Waals surface area (Å²) in [6, 6.07) is 9.77. The summed E-state index contributed by atoms with van der Waals surface area (Å²) in [6.07, 6.45) is -6.58. The van der Waals surface area contributed by atoms with Gasteiger partial charge in [0.1, 0.15) is 24.4 Å². The first-order valence-electron chi connectivity index (χ1n) is 7.96. The minimum absolute atomic E-state index is 0.0754. The molecule has 138 valence electrons. The quantitative estimate of drug-likeness (QED) is 0.498. The molecule has 2 aromatic rings. The molecule has 3 rings (SSSR count). The van der Waals surface area contributed by atoms with Crippen LogP contribution in [-0.2, 0) is 16.0 Å². The Morgan fingerprint density at radius 1 is 1.15 bits per heavy atom. The molecule has 0 spiro atoms. The molecule has 1 aromatic carbocycles. The van der Waals surface area contributed by atoms with Crippen molar-refractivity contribution in [1.29, 1.82) is 0 Å². The Labute approximate surface area is 147 Å². The average molecular weight is 362 g/mol. The van der Waals surface area contributed by atoms with Crippen LogP contribution in [0.5, 0.6) is 0 Å². The normalized spacial score (nSPS) is 26.6. The average Bonchev–Trinajstić information content (AvgIpc) is 2.91. The van der Waals surface area contributed by atoms with Crippen molar-refractivity contribution in [2.24, 2.45) is 0 Å². The van der Waals surface area contributed by atoms with Gasteiger partial charge in [0.05, 0.1) is 0 Å². The molecule has 1 aliphatic heterocycles. The summed E-state index contributed by atoms with van der Waals surface area (Å²) in [6.45, 7) is 0. The number of rotatable bonds is 5. The SMILES string of the molecule is O=C(Cc1ccccc1)C(O)[C@H]1O[C@@H](n2ccc(=O)[nH]c2=O)[C@H](O)[C@@H]1O. The highest BCUT2D eigenvalue weighted by Gasteiger charge is 2.48. The smallest absolute Gasteiger partial charge is 0.330 e. The zero-order valence-electron chi connectivity index (χ0n) is 13.6. The Kier molecular flexibility index (Phi) is 5.14. The van der Waals surface area contributed by atoms with E-state index >= 15 is 0 Å². The zero-order chi connectivity index (χ0) is 18.8. The van der Waals surface area contributed by atoms with Crippen molar-refractivity contribution in [1.82, 2.24) is 9.55 Å². The molecule has 4 N–H and O–H groups in total. The molecule has 1 saturated heterocycles. The Bertz CT molecular complexity index is 892. The lowest BCUT2D eigenvalue weighted by molar-refractivity contribution is -0.140. The number of hydrogen-bond acceptors (Lipinski definition) is 7. The van der Waals surface area contributed by atoms with Gasteiger partial charge >= 0.3 is 5.69 Å². The van der Waals surface area contributed by atoms with E-state index in [4.69, 9.17) is 4.74 Å². The van der Waals surface area contributed by atoms with Crippen LogP contribution in [0.2, 0.25) is 0 Å². The number of aliphatic hydroxyl groups excluding tert-OH is 3. The molecule has 1 unspecified atom stereocenters. The Balaban J connectivity index is 1.77. The second kappa shape index (κ2) is 7.34. The van der Waals surface area contributed by atoms with E-state index in [1.807, 2.05) is 4.98 Å². The Morgan fingerprint density at radius 3 is 2.50 bits per heavy atom. The number of ether oxygens (including phenoxy) is 1. The van der Waals surface area contributed by atoms with Gasteiger partial charge in [-0.25, -0.2) is 4.79 Å². The van der Waals surface area contributed by atoms with Gasteiger partial charge in [0.15, 0.2) is 12.0 Å². The van der Waals surface area contributed by atoms with Crippen LogP contribution in [0.25, 0.3) is 0 Å². The third kappa shape index (κ3) is 3.51. The second-order valence-electron chi connectivity index (χ2n) is 6.06. The number of nitrogens with one attached hydrogen (secondary N) is 1. The highest BCUT2D eigenvalue weighted by molar-refractivity contribution is 5.85. The number of nitrogens with zero attached hydrogens (tertiary/aromatic N) is 1. The lowest BCUT2D eigenvalue weighted by atomic mass is 9.98. The molecule has 26 heavy (non-hydrogen) atoms. The fourth-order valence-corrected chi connectivity index (χ4v) is 2.89. The number of ketones is 1. The molecule has 0 aliphatic carbocycles. The standard InChI is InChI=1S/C17H18N2O7/c20-10(8-9-4-2-1-3-5-9)12(22)15-13(23)14(24)16(26-15)19-7-6-11(21)18-17(19)25/h1-7,12-16,22-24H,8H2,(H,18,21,25)/t12?,13-,14+,15+,16+/m0/s1. The van der Waals surface area contributed by atoms with Gasteiger partial charge < -0.3 is 20.1 Å². The molecule has 1 aliphatic rings. The third-order valence-corrected chi connectivity index (χ3v) is 4.26. The van der Waals surface area contributed by atoms with Crippen molar-refractivity contribution in [2.45, 2.75) is 37.1 Å². The molecule has 0 radical (unpaired) electrons. The van der Waals surface area contributed by atoms with Gasteiger partial charge in [0, 0.05) is 18.7 Å². The maximum absolute atomic E-state index is 12.3. The molecular formula is C17H18N2O7. The van der Waals surface area contributed by atoms with Gasteiger partial charge in [-0.2, -0.15) is 0 Å². The largest absolute Gasteiger partial charge is 0.387 e. The number of carbonyl (C=O) groups excluding carboxylic acids is 1. The van der Waals surface area contributed by atoms with Crippen LogP contribution in [0.4, 0.5) is 0 Å². The molecular weight excluding hydrogens is 344 g/mol. The molecule has 0 amide bonds. The van der Waals surface area contributed by atoms with Crippen molar-refractivity contribution in [3.8, 4) is 0 Å². The van der Waals surface area contributed by atoms with E-state index in [0.717, 1.165) is 16.8 Å². The van der Waals surface area contributed by atoms with E-state index in [-0.39, 0.29) is 6.42 Å². The number of aromatic nitrogens is 2. The number of aliphatic hydroxyl groups is 3. The van der Waals surface area contributed by atoms with Gasteiger partial charge in [-0.15, -0.1) is 0 Å². The van der Waals surface area contributed by atoms with E-state index in [1.165, 1.54) is 0 Å². The summed E-state index contributed by atoms with van der Waals surface area (Å²) in [7, 11) is 0. The van der Waals surface area contributed by atoms with E-state index in [0.29, 0.717) is 5.56 Å². The summed E-state index contributed by atoms with van der Waals surface area (Å²) >= 11 is 0. The molecule has 9 heteroatoms. The molecule has 1 fully saturated rings. The maximum atomic E-state index is 12.3. The van der Waals surface area contributed by atoms with E-state index in [9.17, 15) is 29.7 Å².